The summed E-state index contributed by atoms with van der Waals surface area (Å²) in [5.74, 6) is -0.149. The van der Waals surface area contributed by atoms with Crippen LogP contribution in [0.4, 0.5) is 4.39 Å². The summed E-state index contributed by atoms with van der Waals surface area (Å²) < 4.78 is 13.3. The topological polar surface area (TPSA) is 86.6 Å². The second-order valence-corrected chi connectivity index (χ2v) is 8.09. The van der Waals surface area contributed by atoms with Crippen LogP contribution in [0.1, 0.15) is 23.2 Å². The molecule has 31 heavy (non-hydrogen) atoms. The molecule has 1 aromatic heterocycles. The van der Waals surface area contributed by atoms with Gasteiger partial charge in [0.25, 0.3) is 11.8 Å². The fourth-order valence-electron chi connectivity index (χ4n) is 3.83. The first kappa shape index (κ1) is 19.6. The molecule has 1 saturated heterocycles. The van der Waals surface area contributed by atoms with Crippen LogP contribution in [0.3, 0.4) is 0 Å². The van der Waals surface area contributed by atoms with E-state index in [0.717, 1.165) is 5.56 Å². The molecule has 2 heterocycles. The van der Waals surface area contributed by atoms with E-state index in [9.17, 15) is 19.1 Å². The standard InChI is InChI=1S/C23H21FN4O3/c24-18-5-6-19-17(13-18)14-25-20(26-19)15-1-3-16(4-2-15)21(29)27-9-11-28(12-10-27)22(30)23(31)7-8-23/h1-6,13-14,31H,7-12H2. The second-order valence-electron chi connectivity index (χ2n) is 8.09. The van der Waals surface area contributed by atoms with E-state index in [1.807, 2.05) is 0 Å². The van der Waals surface area contributed by atoms with Crippen LogP contribution in [0.5, 0.6) is 0 Å². The zero-order chi connectivity index (χ0) is 21.6. The normalized spacial score (nSPS) is 17.6. The van der Waals surface area contributed by atoms with Crippen molar-refractivity contribution in [2.75, 3.05) is 26.2 Å². The van der Waals surface area contributed by atoms with Gasteiger partial charge in [0.05, 0.1) is 5.52 Å². The summed E-state index contributed by atoms with van der Waals surface area (Å²) in [5.41, 5.74) is 0.791. The molecule has 2 aromatic carbocycles. The highest BCUT2D eigenvalue weighted by atomic mass is 19.1. The molecule has 7 nitrogen and oxygen atoms in total. The van der Waals surface area contributed by atoms with Crippen LogP contribution in [0, 0.1) is 5.82 Å². The van der Waals surface area contributed by atoms with Gasteiger partial charge < -0.3 is 14.9 Å². The summed E-state index contributed by atoms with van der Waals surface area (Å²) in [4.78, 5) is 37.2. The second kappa shape index (κ2) is 7.39. The molecule has 5 rings (SSSR count). The molecule has 1 aliphatic heterocycles. The number of halogens is 1. The van der Waals surface area contributed by atoms with E-state index in [2.05, 4.69) is 9.97 Å². The molecular weight excluding hydrogens is 399 g/mol. The Kier molecular flexibility index (Phi) is 4.66. The number of carbonyl (C=O) groups excluding carboxylic acids is 2. The maximum atomic E-state index is 13.3. The van der Waals surface area contributed by atoms with E-state index in [1.165, 1.54) is 12.1 Å². The van der Waals surface area contributed by atoms with Crippen molar-refractivity contribution in [1.29, 1.82) is 0 Å². The van der Waals surface area contributed by atoms with Crippen molar-refractivity contribution >= 4 is 22.7 Å². The lowest BCUT2D eigenvalue weighted by Gasteiger charge is -2.35. The largest absolute Gasteiger partial charge is 0.380 e. The molecular formula is C23H21FN4O3. The molecule has 2 fully saturated rings. The van der Waals surface area contributed by atoms with Crippen LogP contribution in [-0.2, 0) is 4.79 Å². The SMILES string of the molecule is O=C(c1ccc(-c2ncc3cc(F)ccc3n2)cc1)N1CCN(C(=O)C2(O)CC2)CC1. The molecule has 0 atom stereocenters. The van der Waals surface area contributed by atoms with Crippen molar-refractivity contribution in [3.05, 3.63) is 60.0 Å². The molecule has 2 amide bonds. The van der Waals surface area contributed by atoms with Crippen LogP contribution in [0.2, 0.25) is 0 Å². The Morgan fingerprint density at radius 3 is 2.32 bits per heavy atom. The molecule has 0 spiro atoms. The number of benzene rings is 2. The summed E-state index contributed by atoms with van der Waals surface area (Å²) in [7, 11) is 0. The zero-order valence-corrected chi connectivity index (χ0v) is 16.8. The van der Waals surface area contributed by atoms with E-state index in [4.69, 9.17) is 0 Å². The van der Waals surface area contributed by atoms with Crippen LogP contribution in [-0.4, -0.2) is 68.5 Å². The van der Waals surface area contributed by atoms with Gasteiger partial charge in [-0.25, -0.2) is 14.4 Å². The summed E-state index contributed by atoms with van der Waals surface area (Å²) in [5, 5.41) is 10.6. The fraction of sp³-hybridized carbons (Fsp3) is 0.304. The van der Waals surface area contributed by atoms with Gasteiger partial charge >= 0.3 is 0 Å². The molecule has 1 saturated carbocycles. The number of piperazine rings is 1. The van der Waals surface area contributed by atoms with Gasteiger partial charge in [-0.05, 0) is 43.2 Å². The molecule has 3 aromatic rings. The van der Waals surface area contributed by atoms with Gasteiger partial charge in [0.1, 0.15) is 11.4 Å². The third kappa shape index (κ3) is 3.74. The number of carbonyl (C=O) groups is 2. The first-order valence-electron chi connectivity index (χ1n) is 10.3. The number of nitrogens with zero attached hydrogens (tertiary/aromatic N) is 4. The highest BCUT2D eigenvalue weighted by Crippen LogP contribution is 2.37. The minimum atomic E-state index is -1.17. The van der Waals surface area contributed by atoms with Gasteiger partial charge in [0, 0.05) is 48.9 Å². The number of hydrogen-bond acceptors (Lipinski definition) is 5. The third-order valence-electron chi connectivity index (χ3n) is 5.91. The lowest BCUT2D eigenvalue weighted by molar-refractivity contribution is -0.143. The lowest BCUT2D eigenvalue weighted by atomic mass is 10.1. The molecule has 8 heteroatoms. The van der Waals surface area contributed by atoms with Crippen molar-refractivity contribution in [3.63, 3.8) is 0 Å². The highest BCUT2D eigenvalue weighted by Gasteiger charge is 2.50. The number of amides is 2. The van der Waals surface area contributed by atoms with Gasteiger partial charge in [-0.3, -0.25) is 9.59 Å². The molecule has 2 aliphatic rings. The van der Waals surface area contributed by atoms with E-state index in [-0.39, 0.29) is 17.6 Å². The molecule has 1 aliphatic carbocycles. The first-order chi connectivity index (χ1) is 14.9. The fourth-order valence-corrected chi connectivity index (χ4v) is 3.83. The van der Waals surface area contributed by atoms with Crippen molar-refractivity contribution in [2.24, 2.45) is 0 Å². The molecule has 0 unspecified atom stereocenters. The zero-order valence-electron chi connectivity index (χ0n) is 16.8. The van der Waals surface area contributed by atoms with Crippen molar-refractivity contribution in [3.8, 4) is 11.4 Å². The third-order valence-corrected chi connectivity index (χ3v) is 5.91. The van der Waals surface area contributed by atoms with E-state index in [0.29, 0.717) is 61.3 Å². The minimum absolute atomic E-state index is 0.0984. The van der Waals surface area contributed by atoms with E-state index in [1.54, 1.807) is 46.3 Å². The maximum absolute atomic E-state index is 13.3. The number of aliphatic hydroxyl groups is 1. The van der Waals surface area contributed by atoms with E-state index < -0.39 is 5.60 Å². The Labute approximate surface area is 178 Å². The number of aromatic nitrogens is 2. The quantitative estimate of drug-likeness (QED) is 0.702. The van der Waals surface area contributed by atoms with Crippen LogP contribution in [0.15, 0.2) is 48.7 Å². The average molecular weight is 420 g/mol. The summed E-state index contributed by atoms with van der Waals surface area (Å²) in [6.07, 6.45) is 2.63. The lowest BCUT2D eigenvalue weighted by Crippen LogP contribution is -2.53. The Bertz CT molecular complexity index is 1170. The van der Waals surface area contributed by atoms with Crippen molar-refractivity contribution < 1.29 is 19.1 Å². The summed E-state index contributed by atoms with van der Waals surface area (Å²) >= 11 is 0. The Morgan fingerprint density at radius 1 is 0.968 bits per heavy atom. The predicted molar refractivity (Wildman–Crippen MR) is 112 cm³/mol. The minimum Gasteiger partial charge on any atom is -0.380 e. The van der Waals surface area contributed by atoms with Crippen LogP contribution < -0.4 is 0 Å². The number of rotatable bonds is 3. The maximum Gasteiger partial charge on any atom is 0.254 e. The van der Waals surface area contributed by atoms with Gasteiger partial charge in [0.15, 0.2) is 5.82 Å². The number of hydrogen-bond donors (Lipinski definition) is 1. The van der Waals surface area contributed by atoms with Crippen molar-refractivity contribution in [2.45, 2.75) is 18.4 Å². The first-order valence-corrected chi connectivity index (χ1v) is 10.3. The monoisotopic (exact) mass is 420 g/mol. The Balaban J connectivity index is 1.26. The van der Waals surface area contributed by atoms with Crippen LogP contribution in [0.25, 0.3) is 22.3 Å². The number of fused-ring (bicyclic) bond motifs is 1. The summed E-state index contributed by atoms with van der Waals surface area (Å²) in [6.45, 7) is 1.73. The van der Waals surface area contributed by atoms with Gasteiger partial charge in [-0.15, -0.1) is 0 Å². The van der Waals surface area contributed by atoms with Gasteiger partial charge in [0.2, 0.25) is 0 Å². The van der Waals surface area contributed by atoms with Gasteiger partial charge in [-0.2, -0.15) is 0 Å². The summed E-state index contributed by atoms with van der Waals surface area (Å²) in [6, 6.07) is 11.4. The van der Waals surface area contributed by atoms with Crippen LogP contribution >= 0.6 is 0 Å². The van der Waals surface area contributed by atoms with Gasteiger partial charge in [-0.1, -0.05) is 12.1 Å². The average Bonchev–Trinajstić information content (AvgIpc) is 3.56. The Hall–Kier alpha value is -3.39. The molecule has 158 valence electrons. The molecule has 0 radical (unpaired) electrons. The molecule has 0 bridgehead atoms. The molecule has 1 N–H and O–H groups in total. The predicted octanol–water partition coefficient (Wildman–Crippen LogP) is 2.25. The smallest absolute Gasteiger partial charge is 0.254 e. The Morgan fingerprint density at radius 2 is 1.65 bits per heavy atom. The van der Waals surface area contributed by atoms with Crippen molar-refractivity contribution in [1.82, 2.24) is 19.8 Å². The van der Waals surface area contributed by atoms with E-state index >= 15 is 0 Å². The highest BCUT2D eigenvalue weighted by molar-refractivity contribution is 5.95.